The van der Waals surface area contributed by atoms with Gasteiger partial charge in [-0.05, 0) is 27.7 Å². The van der Waals surface area contributed by atoms with E-state index in [1.165, 1.54) is 0 Å². The largest absolute Gasteiger partial charge is 0.388 e. The molecule has 0 radical (unpaired) electrons. The quantitative estimate of drug-likeness (QED) is 0.546. The number of nitro groups is 1. The van der Waals surface area contributed by atoms with Crippen molar-refractivity contribution >= 4 is 17.5 Å². The van der Waals surface area contributed by atoms with Crippen LogP contribution in [0.15, 0.2) is 6.20 Å². The zero-order valence-corrected chi connectivity index (χ0v) is 11.7. The second kappa shape index (κ2) is 4.96. The Kier molecular flexibility index (Phi) is 3.94. The Morgan fingerprint density at radius 1 is 1.37 bits per heavy atom. The van der Waals surface area contributed by atoms with Crippen molar-refractivity contribution in [1.29, 1.82) is 0 Å². The third kappa shape index (κ3) is 3.28. The molecule has 0 aliphatic rings. The van der Waals surface area contributed by atoms with Crippen LogP contribution in [0.4, 0.5) is 17.5 Å². The van der Waals surface area contributed by atoms with Crippen LogP contribution in [-0.2, 0) is 0 Å². The Morgan fingerprint density at radius 2 is 1.95 bits per heavy atom. The van der Waals surface area contributed by atoms with Crippen molar-refractivity contribution in [3.05, 3.63) is 16.3 Å². The van der Waals surface area contributed by atoms with Crippen LogP contribution < -0.4 is 10.6 Å². The maximum absolute atomic E-state index is 11.0. The molecule has 1 rings (SSSR count). The lowest BCUT2D eigenvalue weighted by molar-refractivity contribution is -0.384. The molecule has 0 saturated carbocycles. The van der Waals surface area contributed by atoms with E-state index in [2.05, 4.69) is 20.6 Å². The van der Waals surface area contributed by atoms with Gasteiger partial charge in [0.2, 0.25) is 11.8 Å². The Labute approximate surface area is 111 Å². The lowest BCUT2D eigenvalue weighted by Crippen LogP contribution is -2.51. The molecule has 0 atom stereocenters. The van der Waals surface area contributed by atoms with Crippen LogP contribution in [0, 0.1) is 10.1 Å². The van der Waals surface area contributed by atoms with E-state index in [1.807, 2.05) is 0 Å². The van der Waals surface area contributed by atoms with E-state index in [0.29, 0.717) is 0 Å². The van der Waals surface area contributed by atoms with Gasteiger partial charge in [-0.3, -0.25) is 10.1 Å². The maximum Gasteiger partial charge on any atom is 0.329 e. The number of hydrogen-bond acceptors (Lipinski definition) is 7. The van der Waals surface area contributed by atoms with Gasteiger partial charge in [0.1, 0.15) is 6.20 Å². The molecule has 0 fully saturated rings. The van der Waals surface area contributed by atoms with Gasteiger partial charge >= 0.3 is 5.69 Å². The van der Waals surface area contributed by atoms with Gasteiger partial charge in [0.25, 0.3) is 0 Å². The van der Waals surface area contributed by atoms with E-state index in [9.17, 15) is 15.2 Å². The summed E-state index contributed by atoms with van der Waals surface area (Å²) in [7, 11) is 1.62. The van der Waals surface area contributed by atoms with Crippen molar-refractivity contribution < 1.29 is 10.0 Å². The first kappa shape index (κ1) is 15.1. The second-order valence-electron chi connectivity index (χ2n) is 5.24. The van der Waals surface area contributed by atoms with Gasteiger partial charge in [-0.25, -0.2) is 4.98 Å². The Balaban J connectivity index is 3.21. The minimum Gasteiger partial charge on any atom is -0.388 e. The molecule has 0 amide bonds. The highest BCUT2D eigenvalue weighted by Gasteiger charge is 2.37. The van der Waals surface area contributed by atoms with Crippen LogP contribution in [0.5, 0.6) is 0 Å². The summed E-state index contributed by atoms with van der Waals surface area (Å²) in [5, 5.41) is 26.6. The van der Waals surface area contributed by atoms with Gasteiger partial charge in [-0.2, -0.15) is 4.98 Å². The Hall–Kier alpha value is -1.96. The van der Waals surface area contributed by atoms with E-state index < -0.39 is 16.1 Å². The average Bonchev–Trinajstić information content (AvgIpc) is 2.26. The fraction of sp³-hybridized carbons (Fsp3) is 0.636. The van der Waals surface area contributed by atoms with Crippen LogP contribution in [0.25, 0.3) is 0 Å². The molecular formula is C11H19N5O3. The van der Waals surface area contributed by atoms with Crippen molar-refractivity contribution in [2.24, 2.45) is 0 Å². The SMILES string of the molecule is CNc1ncc([N+](=O)[O-])c(NC(C)(C)C(C)(C)O)n1. The molecule has 0 saturated heterocycles. The van der Waals surface area contributed by atoms with Gasteiger partial charge in [0, 0.05) is 7.05 Å². The number of nitrogens with zero attached hydrogens (tertiary/aromatic N) is 3. The third-order valence-electron chi connectivity index (χ3n) is 3.15. The standard InChI is InChI=1S/C11H19N5O3/c1-10(2,11(3,4)17)15-8-7(16(18)19)6-13-9(12-5)14-8/h6,17H,1-5H3,(H2,12,13,14,15). The molecule has 106 valence electrons. The molecule has 19 heavy (non-hydrogen) atoms. The zero-order chi connectivity index (χ0) is 14.8. The maximum atomic E-state index is 11.0. The molecule has 0 bridgehead atoms. The highest BCUT2D eigenvalue weighted by atomic mass is 16.6. The van der Waals surface area contributed by atoms with E-state index >= 15 is 0 Å². The molecule has 1 aromatic heterocycles. The molecular weight excluding hydrogens is 250 g/mol. The first-order valence-electron chi connectivity index (χ1n) is 5.78. The van der Waals surface area contributed by atoms with E-state index in [-0.39, 0.29) is 17.5 Å². The highest BCUT2D eigenvalue weighted by Crippen LogP contribution is 2.30. The third-order valence-corrected chi connectivity index (χ3v) is 3.15. The molecule has 0 aliphatic heterocycles. The molecule has 0 aliphatic carbocycles. The van der Waals surface area contributed by atoms with Crippen molar-refractivity contribution in [1.82, 2.24) is 9.97 Å². The molecule has 0 spiro atoms. The van der Waals surface area contributed by atoms with Crippen LogP contribution in [0.1, 0.15) is 27.7 Å². The van der Waals surface area contributed by atoms with E-state index in [1.54, 1.807) is 34.7 Å². The first-order valence-corrected chi connectivity index (χ1v) is 5.78. The molecule has 1 aromatic rings. The molecule has 0 unspecified atom stereocenters. The summed E-state index contributed by atoms with van der Waals surface area (Å²) in [5.74, 6) is 0.330. The molecule has 3 N–H and O–H groups in total. The zero-order valence-electron chi connectivity index (χ0n) is 11.7. The summed E-state index contributed by atoms with van der Waals surface area (Å²) in [6.07, 6.45) is 1.13. The van der Waals surface area contributed by atoms with Crippen molar-refractivity contribution in [3.63, 3.8) is 0 Å². The predicted molar refractivity (Wildman–Crippen MR) is 72.2 cm³/mol. The fourth-order valence-corrected chi connectivity index (χ4v) is 1.17. The normalized spacial score (nSPS) is 12.1. The number of nitrogens with one attached hydrogen (secondary N) is 2. The summed E-state index contributed by atoms with van der Waals surface area (Å²) >= 11 is 0. The van der Waals surface area contributed by atoms with Gasteiger partial charge in [0.05, 0.1) is 16.1 Å². The summed E-state index contributed by atoms with van der Waals surface area (Å²) < 4.78 is 0. The molecule has 1 heterocycles. The van der Waals surface area contributed by atoms with E-state index in [0.717, 1.165) is 6.20 Å². The number of aliphatic hydroxyl groups is 1. The molecule has 8 heteroatoms. The molecule has 8 nitrogen and oxygen atoms in total. The minimum absolute atomic E-state index is 0.0662. The topological polar surface area (TPSA) is 113 Å². The summed E-state index contributed by atoms with van der Waals surface area (Å²) in [6, 6.07) is 0. The summed E-state index contributed by atoms with van der Waals surface area (Å²) in [6.45, 7) is 6.70. The predicted octanol–water partition coefficient (Wildman–Crippen LogP) is 1.39. The van der Waals surface area contributed by atoms with Crippen molar-refractivity contribution in [2.45, 2.75) is 38.8 Å². The minimum atomic E-state index is -1.09. The molecule has 0 aromatic carbocycles. The highest BCUT2D eigenvalue weighted by molar-refractivity contribution is 5.58. The Morgan fingerprint density at radius 3 is 2.37 bits per heavy atom. The first-order chi connectivity index (χ1) is 8.58. The lowest BCUT2D eigenvalue weighted by Gasteiger charge is -2.38. The van der Waals surface area contributed by atoms with Gasteiger partial charge in [-0.15, -0.1) is 0 Å². The van der Waals surface area contributed by atoms with Crippen LogP contribution in [-0.4, -0.2) is 38.2 Å². The van der Waals surface area contributed by atoms with Gasteiger partial charge in [0.15, 0.2) is 0 Å². The summed E-state index contributed by atoms with van der Waals surface area (Å²) in [4.78, 5) is 18.2. The number of rotatable bonds is 5. The van der Waals surface area contributed by atoms with Crippen LogP contribution in [0.2, 0.25) is 0 Å². The van der Waals surface area contributed by atoms with Crippen LogP contribution >= 0.6 is 0 Å². The van der Waals surface area contributed by atoms with Crippen LogP contribution in [0.3, 0.4) is 0 Å². The second-order valence-corrected chi connectivity index (χ2v) is 5.24. The van der Waals surface area contributed by atoms with E-state index in [4.69, 9.17) is 0 Å². The average molecular weight is 269 g/mol. The van der Waals surface area contributed by atoms with Crippen molar-refractivity contribution in [2.75, 3.05) is 17.7 Å². The number of anilines is 2. The Bertz CT molecular complexity index is 482. The fourth-order valence-electron chi connectivity index (χ4n) is 1.17. The monoisotopic (exact) mass is 269 g/mol. The van der Waals surface area contributed by atoms with Gasteiger partial charge in [-0.1, -0.05) is 0 Å². The lowest BCUT2D eigenvalue weighted by atomic mass is 9.86. The van der Waals surface area contributed by atoms with Crippen molar-refractivity contribution in [3.8, 4) is 0 Å². The number of hydrogen-bond donors (Lipinski definition) is 3. The van der Waals surface area contributed by atoms with Gasteiger partial charge < -0.3 is 15.7 Å². The summed E-state index contributed by atoms with van der Waals surface area (Å²) in [5.41, 5.74) is -2.14. The number of aromatic nitrogens is 2. The smallest absolute Gasteiger partial charge is 0.329 e.